The van der Waals surface area contributed by atoms with Crippen LogP contribution in [0.15, 0.2) is 47.3 Å². The fraction of sp³-hybridized carbons (Fsp3) is 0.222. The Labute approximate surface area is 148 Å². The summed E-state index contributed by atoms with van der Waals surface area (Å²) in [5, 5.41) is 11.6. The summed E-state index contributed by atoms with van der Waals surface area (Å²) in [7, 11) is 0. The molecule has 0 bridgehead atoms. The number of benzene rings is 1. The molecule has 0 unspecified atom stereocenters. The molecule has 3 heterocycles. The highest BCUT2D eigenvalue weighted by atomic mass is 16.6. The van der Waals surface area contributed by atoms with E-state index in [-0.39, 0.29) is 0 Å². The third-order valence-corrected chi connectivity index (χ3v) is 4.38. The fourth-order valence-corrected chi connectivity index (χ4v) is 3.10. The number of hydrogen-bond donors (Lipinski definition) is 1. The van der Waals surface area contributed by atoms with E-state index in [1.165, 1.54) is 6.07 Å². The summed E-state index contributed by atoms with van der Waals surface area (Å²) in [5.41, 5.74) is 0.910. The molecule has 1 aliphatic rings. The maximum atomic E-state index is 11.9. The van der Waals surface area contributed by atoms with E-state index in [9.17, 15) is 14.9 Å². The summed E-state index contributed by atoms with van der Waals surface area (Å²) >= 11 is 0. The number of aromatic nitrogens is 2. The number of H-pyrrole nitrogens is 1. The van der Waals surface area contributed by atoms with E-state index in [2.05, 4.69) is 14.9 Å². The van der Waals surface area contributed by atoms with Crippen molar-refractivity contribution in [2.45, 2.75) is 0 Å². The molecule has 1 aromatic carbocycles. The van der Waals surface area contributed by atoms with Crippen LogP contribution < -0.4 is 10.5 Å². The van der Waals surface area contributed by atoms with Crippen molar-refractivity contribution in [3.63, 3.8) is 0 Å². The smallest absolute Gasteiger partial charge is 0.334 e. The molecule has 0 saturated carbocycles. The Kier molecular flexibility index (Phi) is 4.10. The van der Waals surface area contributed by atoms with Crippen molar-refractivity contribution in [2.24, 2.45) is 0 Å². The average molecular weight is 352 g/mol. The molecule has 0 atom stereocenters. The van der Waals surface area contributed by atoms with Crippen LogP contribution in [0.5, 0.6) is 0 Å². The number of ether oxygens (including phenoxy) is 1. The summed E-state index contributed by atoms with van der Waals surface area (Å²) in [5.74, 6) is 0.733. The van der Waals surface area contributed by atoms with Crippen molar-refractivity contribution < 1.29 is 9.66 Å². The van der Waals surface area contributed by atoms with Crippen LogP contribution in [0.1, 0.15) is 0 Å². The molecule has 26 heavy (non-hydrogen) atoms. The number of hydrogen-bond acceptors (Lipinski definition) is 6. The lowest BCUT2D eigenvalue weighted by Crippen LogP contribution is -2.37. The SMILES string of the molecule is O=c1[nH]c2nc(N3CCOCC3)c(-c3ccccc3)cc2cc1[N+](=O)[O-]. The average Bonchev–Trinajstić information content (AvgIpc) is 2.67. The first-order valence-corrected chi connectivity index (χ1v) is 8.24. The Morgan fingerprint density at radius 2 is 1.88 bits per heavy atom. The number of aromatic amines is 1. The molecule has 1 saturated heterocycles. The van der Waals surface area contributed by atoms with Gasteiger partial charge in [-0.05, 0) is 11.6 Å². The van der Waals surface area contributed by atoms with Crippen molar-refractivity contribution in [2.75, 3.05) is 31.2 Å². The number of rotatable bonds is 3. The Morgan fingerprint density at radius 1 is 1.15 bits per heavy atom. The van der Waals surface area contributed by atoms with Crippen molar-refractivity contribution in [1.82, 2.24) is 9.97 Å². The lowest BCUT2D eigenvalue weighted by molar-refractivity contribution is -0.386. The molecule has 8 heteroatoms. The second-order valence-corrected chi connectivity index (χ2v) is 6.00. The van der Waals surface area contributed by atoms with Crippen LogP contribution in [0.25, 0.3) is 22.2 Å². The number of nitro groups is 1. The van der Waals surface area contributed by atoms with Crippen molar-refractivity contribution in [1.29, 1.82) is 0 Å². The van der Waals surface area contributed by atoms with Crippen molar-refractivity contribution in [3.05, 3.63) is 62.9 Å². The quantitative estimate of drug-likeness (QED) is 0.573. The molecular weight excluding hydrogens is 336 g/mol. The monoisotopic (exact) mass is 352 g/mol. The van der Waals surface area contributed by atoms with Crippen LogP contribution in [-0.4, -0.2) is 41.2 Å². The lowest BCUT2D eigenvalue weighted by atomic mass is 10.0. The summed E-state index contributed by atoms with van der Waals surface area (Å²) < 4.78 is 5.41. The number of morpholine rings is 1. The molecule has 0 amide bonds. The maximum absolute atomic E-state index is 11.9. The fourth-order valence-electron chi connectivity index (χ4n) is 3.10. The van der Waals surface area contributed by atoms with Crippen LogP contribution in [0.4, 0.5) is 11.5 Å². The molecule has 1 aliphatic heterocycles. The Bertz CT molecular complexity index is 1030. The van der Waals surface area contributed by atoms with Gasteiger partial charge in [-0.1, -0.05) is 30.3 Å². The van der Waals surface area contributed by atoms with Crippen LogP contribution in [0.3, 0.4) is 0 Å². The van der Waals surface area contributed by atoms with Gasteiger partial charge in [0.05, 0.1) is 18.1 Å². The molecule has 0 aliphatic carbocycles. The highest BCUT2D eigenvalue weighted by Gasteiger charge is 2.21. The van der Waals surface area contributed by atoms with E-state index in [1.54, 1.807) is 0 Å². The molecule has 0 spiro atoms. The molecule has 4 rings (SSSR count). The van der Waals surface area contributed by atoms with Gasteiger partial charge in [0.2, 0.25) is 0 Å². The maximum Gasteiger partial charge on any atom is 0.334 e. The normalized spacial score (nSPS) is 14.5. The molecule has 3 aromatic rings. The van der Waals surface area contributed by atoms with E-state index in [0.717, 1.165) is 16.9 Å². The van der Waals surface area contributed by atoms with E-state index in [1.807, 2.05) is 36.4 Å². The third-order valence-electron chi connectivity index (χ3n) is 4.38. The second kappa shape index (κ2) is 6.57. The zero-order chi connectivity index (χ0) is 18.1. The molecular formula is C18H16N4O4. The molecule has 2 aromatic heterocycles. The molecule has 132 valence electrons. The third kappa shape index (κ3) is 2.91. The van der Waals surface area contributed by atoms with E-state index in [4.69, 9.17) is 4.74 Å². The van der Waals surface area contributed by atoms with Gasteiger partial charge in [0.1, 0.15) is 11.5 Å². The van der Waals surface area contributed by atoms with Gasteiger partial charge in [-0.15, -0.1) is 0 Å². The number of fused-ring (bicyclic) bond motifs is 1. The van der Waals surface area contributed by atoms with Crippen molar-refractivity contribution >= 4 is 22.5 Å². The number of anilines is 1. The van der Waals surface area contributed by atoms with Gasteiger partial charge in [-0.25, -0.2) is 4.98 Å². The van der Waals surface area contributed by atoms with Gasteiger partial charge in [0.25, 0.3) is 0 Å². The number of pyridine rings is 2. The molecule has 8 nitrogen and oxygen atoms in total. The first-order chi connectivity index (χ1) is 12.6. The molecule has 1 N–H and O–H groups in total. The zero-order valence-corrected chi connectivity index (χ0v) is 13.8. The minimum absolute atomic E-state index is 0.335. The Morgan fingerprint density at radius 3 is 2.58 bits per heavy atom. The summed E-state index contributed by atoms with van der Waals surface area (Å²) in [4.78, 5) is 31.6. The van der Waals surface area contributed by atoms with E-state index < -0.39 is 16.2 Å². The first-order valence-electron chi connectivity index (χ1n) is 8.24. The highest BCUT2D eigenvalue weighted by Crippen LogP contribution is 2.32. The van der Waals surface area contributed by atoms with Crippen LogP contribution in [0, 0.1) is 10.1 Å². The topological polar surface area (TPSA) is 101 Å². The molecule has 0 radical (unpaired) electrons. The predicted molar refractivity (Wildman–Crippen MR) is 97.5 cm³/mol. The standard InChI is InChI=1S/C18H16N4O4/c23-18-15(22(24)25)11-13-10-14(12-4-2-1-3-5-12)17(19-16(13)20-18)21-6-8-26-9-7-21/h1-5,10-11H,6-9H2,(H,19,20,23). The van der Waals surface area contributed by atoms with Gasteiger partial charge in [0, 0.05) is 30.1 Å². The number of nitrogens with one attached hydrogen (secondary N) is 1. The van der Waals surface area contributed by atoms with Crippen LogP contribution in [0.2, 0.25) is 0 Å². The summed E-state index contributed by atoms with van der Waals surface area (Å²) in [6, 6.07) is 12.8. The number of nitrogens with zero attached hydrogens (tertiary/aromatic N) is 3. The summed E-state index contributed by atoms with van der Waals surface area (Å²) in [6.07, 6.45) is 0. The Balaban J connectivity index is 1.96. The first kappa shape index (κ1) is 16.2. The summed E-state index contributed by atoms with van der Waals surface area (Å²) in [6.45, 7) is 2.58. The second-order valence-electron chi connectivity index (χ2n) is 6.00. The van der Waals surface area contributed by atoms with Crippen LogP contribution in [-0.2, 0) is 4.74 Å². The minimum atomic E-state index is -0.754. The largest absolute Gasteiger partial charge is 0.378 e. The minimum Gasteiger partial charge on any atom is -0.378 e. The molecule has 1 fully saturated rings. The van der Waals surface area contributed by atoms with Gasteiger partial charge < -0.3 is 14.6 Å². The Hall–Kier alpha value is -3.26. The van der Waals surface area contributed by atoms with Gasteiger partial charge in [0.15, 0.2) is 0 Å². The van der Waals surface area contributed by atoms with Gasteiger partial charge in [-0.2, -0.15) is 0 Å². The zero-order valence-electron chi connectivity index (χ0n) is 13.8. The van der Waals surface area contributed by atoms with E-state index >= 15 is 0 Å². The lowest BCUT2D eigenvalue weighted by Gasteiger charge is -2.29. The highest BCUT2D eigenvalue weighted by molar-refractivity contribution is 5.88. The van der Waals surface area contributed by atoms with Crippen molar-refractivity contribution in [3.8, 4) is 11.1 Å². The van der Waals surface area contributed by atoms with Gasteiger partial charge in [-0.3, -0.25) is 14.9 Å². The van der Waals surface area contributed by atoms with E-state index in [0.29, 0.717) is 37.3 Å². The van der Waals surface area contributed by atoms with Gasteiger partial charge >= 0.3 is 11.2 Å². The van der Waals surface area contributed by atoms with Crippen LogP contribution >= 0.6 is 0 Å². The predicted octanol–water partition coefficient (Wildman–Crippen LogP) is 2.33.